The van der Waals surface area contributed by atoms with E-state index < -0.39 is 5.97 Å². The molecule has 0 saturated carbocycles. The van der Waals surface area contributed by atoms with E-state index in [4.69, 9.17) is 9.84 Å². The minimum absolute atomic E-state index is 0.433. The molecule has 100 valence electrons. The summed E-state index contributed by atoms with van der Waals surface area (Å²) in [5.41, 5.74) is 1.13. The van der Waals surface area contributed by atoms with Gasteiger partial charge in [-0.25, -0.2) is 4.79 Å². The van der Waals surface area contributed by atoms with Crippen LogP contribution in [-0.2, 0) is 11.3 Å². The summed E-state index contributed by atoms with van der Waals surface area (Å²) in [7, 11) is 2.10. The van der Waals surface area contributed by atoms with Gasteiger partial charge in [-0.15, -0.1) is 11.3 Å². The van der Waals surface area contributed by atoms with Crippen molar-refractivity contribution < 1.29 is 14.6 Å². The first-order chi connectivity index (χ1) is 8.58. The van der Waals surface area contributed by atoms with E-state index in [1.807, 2.05) is 6.92 Å². The summed E-state index contributed by atoms with van der Waals surface area (Å²) >= 11 is 1.36. The van der Waals surface area contributed by atoms with Gasteiger partial charge in [0.2, 0.25) is 0 Å². The summed E-state index contributed by atoms with van der Waals surface area (Å²) < 4.78 is 5.36. The fourth-order valence-corrected chi connectivity index (χ4v) is 3.18. The summed E-state index contributed by atoms with van der Waals surface area (Å²) in [6.45, 7) is 4.47. The van der Waals surface area contributed by atoms with Crippen molar-refractivity contribution in [3.05, 3.63) is 21.4 Å². The Balaban J connectivity index is 2.01. The zero-order valence-electron chi connectivity index (χ0n) is 10.8. The molecular formula is C13H19NO3S. The van der Waals surface area contributed by atoms with Gasteiger partial charge in [0.1, 0.15) is 4.88 Å². The van der Waals surface area contributed by atoms with E-state index >= 15 is 0 Å². The third-order valence-electron chi connectivity index (χ3n) is 3.47. The van der Waals surface area contributed by atoms with Crippen LogP contribution in [0.15, 0.2) is 6.07 Å². The van der Waals surface area contributed by atoms with Gasteiger partial charge in [0, 0.05) is 30.7 Å². The van der Waals surface area contributed by atoms with Crippen LogP contribution in [0.3, 0.4) is 0 Å². The zero-order valence-corrected chi connectivity index (χ0v) is 11.6. The van der Waals surface area contributed by atoms with E-state index in [0.717, 1.165) is 43.0 Å². The molecule has 1 aromatic rings. The second kappa shape index (κ2) is 5.82. The quantitative estimate of drug-likeness (QED) is 0.911. The van der Waals surface area contributed by atoms with Crippen LogP contribution in [-0.4, -0.2) is 42.3 Å². The van der Waals surface area contributed by atoms with Gasteiger partial charge in [-0.2, -0.15) is 0 Å². The van der Waals surface area contributed by atoms with Crippen LogP contribution in [0.25, 0.3) is 0 Å². The first-order valence-corrected chi connectivity index (χ1v) is 7.00. The van der Waals surface area contributed by atoms with E-state index in [-0.39, 0.29) is 0 Å². The van der Waals surface area contributed by atoms with E-state index in [1.165, 1.54) is 11.3 Å². The number of hydrogen-bond donors (Lipinski definition) is 1. The average Bonchev–Trinajstić information content (AvgIpc) is 2.72. The van der Waals surface area contributed by atoms with E-state index in [2.05, 4.69) is 11.9 Å². The topological polar surface area (TPSA) is 49.8 Å². The lowest BCUT2D eigenvalue weighted by atomic mass is 10.1. The van der Waals surface area contributed by atoms with Crippen LogP contribution in [0.2, 0.25) is 0 Å². The van der Waals surface area contributed by atoms with Gasteiger partial charge in [0.25, 0.3) is 0 Å². The van der Waals surface area contributed by atoms with Crippen molar-refractivity contribution in [3.8, 4) is 0 Å². The molecule has 0 amide bonds. The molecule has 0 aromatic carbocycles. The lowest BCUT2D eigenvalue weighted by molar-refractivity contribution is 0.0407. The largest absolute Gasteiger partial charge is 0.477 e. The number of carboxylic acids is 1. The van der Waals surface area contributed by atoms with Gasteiger partial charge >= 0.3 is 5.97 Å². The van der Waals surface area contributed by atoms with Crippen molar-refractivity contribution in [1.29, 1.82) is 0 Å². The molecule has 1 N–H and O–H groups in total. The smallest absolute Gasteiger partial charge is 0.345 e. The second-order valence-electron chi connectivity index (χ2n) is 4.76. The fourth-order valence-electron chi connectivity index (χ4n) is 2.31. The highest BCUT2D eigenvalue weighted by Gasteiger charge is 2.20. The Kier molecular flexibility index (Phi) is 4.37. The molecule has 0 spiro atoms. The van der Waals surface area contributed by atoms with Crippen LogP contribution in [0.4, 0.5) is 0 Å². The van der Waals surface area contributed by atoms with E-state index in [0.29, 0.717) is 10.9 Å². The lowest BCUT2D eigenvalue weighted by Crippen LogP contribution is -2.36. The molecule has 18 heavy (non-hydrogen) atoms. The monoisotopic (exact) mass is 269 g/mol. The van der Waals surface area contributed by atoms with Crippen molar-refractivity contribution in [3.63, 3.8) is 0 Å². The number of thiophene rings is 1. The number of ether oxygens (including phenoxy) is 1. The Morgan fingerprint density at radius 2 is 2.22 bits per heavy atom. The Labute approximate surface area is 111 Å². The maximum absolute atomic E-state index is 10.9. The van der Waals surface area contributed by atoms with Gasteiger partial charge < -0.3 is 9.84 Å². The summed E-state index contributed by atoms with van der Waals surface area (Å²) in [6.07, 6.45) is 2.12. The Morgan fingerprint density at radius 1 is 1.56 bits per heavy atom. The van der Waals surface area contributed by atoms with Crippen molar-refractivity contribution in [1.82, 2.24) is 4.90 Å². The van der Waals surface area contributed by atoms with Crippen LogP contribution in [0.1, 0.15) is 33.0 Å². The fraction of sp³-hybridized carbons (Fsp3) is 0.615. The zero-order chi connectivity index (χ0) is 13.1. The standard InChI is InChI=1S/C13H19NO3S/c1-9-10(7-12(18-9)13(15)16)8-14(2)11-3-5-17-6-4-11/h7,11H,3-6,8H2,1-2H3,(H,15,16). The molecule has 0 bridgehead atoms. The molecule has 4 nitrogen and oxygen atoms in total. The molecule has 1 saturated heterocycles. The van der Waals surface area contributed by atoms with Gasteiger partial charge in [-0.05, 0) is 38.4 Å². The third-order valence-corrected chi connectivity index (χ3v) is 4.55. The molecule has 2 heterocycles. The first kappa shape index (κ1) is 13.5. The maximum atomic E-state index is 10.9. The minimum atomic E-state index is -0.830. The lowest BCUT2D eigenvalue weighted by Gasteiger charge is -2.31. The summed E-state index contributed by atoms with van der Waals surface area (Å²) in [6, 6.07) is 2.35. The predicted molar refractivity (Wildman–Crippen MR) is 71.3 cm³/mol. The molecule has 5 heteroatoms. The number of carbonyl (C=O) groups is 1. The first-order valence-electron chi connectivity index (χ1n) is 6.18. The molecule has 0 aliphatic carbocycles. The third kappa shape index (κ3) is 3.10. The molecule has 0 atom stereocenters. The van der Waals surface area contributed by atoms with Crippen LogP contribution >= 0.6 is 11.3 Å². The molecule has 1 aliphatic rings. The molecular weight excluding hydrogens is 250 g/mol. The van der Waals surface area contributed by atoms with Crippen molar-refractivity contribution >= 4 is 17.3 Å². The number of rotatable bonds is 4. The second-order valence-corrected chi connectivity index (χ2v) is 6.01. The van der Waals surface area contributed by atoms with E-state index in [1.54, 1.807) is 6.07 Å². The van der Waals surface area contributed by atoms with Crippen LogP contribution in [0.5, 0.6) is 0 Å². The van der Waals surface area contributed by atoms with Crippen LogP contribution in [0, 0.1) is 6.92 Å². The van der Waals surface area contributed by atoms with Gasteiger partial charge in [0.15, 0.2) is 0 Å². The average molecular weight is 269 g/mol. The van der Waals surface area contributed by atoms with Gasteiger partial charge in [0.05, 0.1) is 0 Å². The van der Waals surface area contributed by atoms with Gasteiger partial charge in [-0.3, -0.25) is 4.90 Å². The molecule has 1 fully saturated rings. The highest BCUT2D eigenvalue weighted by molar-refractivity contribution is 7.14. The number of nitrogens with zero attached hydrogens (tertiary/aromatic N) is 1. The number of aryl methyl sites for hydroxylation is 1. The summed E-state index contributed by atoms with van der Waals surface area (Å²) in [5.74, 6) is -0.830. The van der Waals surface area contributed by atoms with Crippen LogP contribution < -0.4 is 0 Å². The highest BCUT2D eigenvalue weighted by atomic mass is 32.1. The van der Waals surface area contributed by atoms with Crippen molar-refractivity contribution in [2.75, 3.05) is 20.3 Å². The molecule has 1 aromatic heterocycles. The van der Waals surface area contributed by atoms with E-state index in [9.17, 15) is 4.79 Å². The maximum Gasteiger partial charge on any atom is 0.345 e. The molecule has 0 radical (unpaired) electrons. The Morgan fingerprint density at radius 3 is 2.78 bits per heavy atom. The number of hydrogen-bond acceptors (Lipinski definition) is 4. The van der Waals surface area contributed by atoms with Crippen molar-refractivity contribution in [2.24, 2.45) is 0 Å². The number of carboxylic acid groups (broad SMARTS) is 1. The normalized spacial score (nSPS) is 17.3. The van der Waals surface area contributed by atoms with Crippen molar-refractivity contribution in [2.45, 2.75) is 32.4 Å². The Hall–Kier alpha value is -0.910. The molecule has 1 aliphatic heterocycles. The molecule has 0 unspecified atom stereocenters. The SMILES string of the molecule is Cc1sc(C(=O)O)cc1CN(C)C1CCOCC1. The summed E-state index contributed by atoms with van der Waals surface area (Å²) in [5, 5.41) is 8.99. The summed E-state index contributed by atoms with van der Waals surface area (Å²) in [4.78, 5) is 14.8. The Bertz CT molecular complexity index is 424. The van der Waals surface area contributed by atoms with Gasteiger partial charge in [-0.1, -0.05) is 0 Å². The molecule has 2 rings (SSSR count). The predicted octanol–water partition coefficient (Wildman–Crippen LogP) is 2.37. The number of aromatic carboxylic acids is 1. The highest BCUT2D eigenvalue weighted by Crippen LogP contribution is 2.24. The minimum Gasteiger partial charge on any atom is -0.477 e.